The molecule has 1 saturated heterocycles. The smallest absolute Gasteiger partial charge is 0.416 e. The lowest BCUT2D eigenvalue weighted by Crippen LogP contribution is -2.51. The van der Waals surface area contributed by atoms with E-state index in [4.69, 9.17) is 4.74 Å². The molecule has 1 heterocycles. The molecule has 1 fully saturated rings. The predicted molar refractivity (Wildman–Crippen MR) is 82.3 cm³/mol. The molecule has 138 valence electrons. The summed E-state index contributed by atoms with van der Waals surface area (Å²) >= 11 is 0. The molecule has 0 saturated carbocycles. The third-order valence-corrected chi connectivity index (χ3v) is 3.56. The van der Waals surface area contributed by atoms with E-state index in [9.17, 15) is 22.8 Å². The Kier molecular flexibility index (Phi) is 6.24. The fraction of sp³-hybridized carbons (Fsp3) is 0.500. The number of carbonyl (C=O) groups excluding carboxylic acids is 2. The quantitative estimate of drug-likeness (QED) is 0.810. The van der Waals surface area contributed by atoms with Crippen molar-refractivity contribution in [3.63, 3.8) is 0 Å². The predicted octanol–water partition coefficient (Wildman–Crippen LogP) is 1.60. The lowest BCUT2D eigenvalue weighted by atomic mass is 10.1. The molecule has 0 bridgehead atoms. The first-order chi connectivity index (χ1) is 11.8. The fourth-order valence-electron chi connectivity index (χ4n) is 2.30. The van der Waals surface area contributed by atoms with Crippen molar-refractivity contribution in [3.05, 3.63) is 29.8 Å². The molecule has 1 aliphatic heterocycles. The molecule has 0 spiro atoms. The Morgan fingerprint density at radius 3 is 2.60 bits per heavy atom. The molecule has 0 aliphatic carbocycles. The molecule has 25 heavy (non-hydrogen) atoms. The molecular formula is C16H19F3N2O4. The van der Waals surface area contributed by atoms with Crippen molar-refractivity contribution in [1.82, 2.24) is 10.2 Å². The van der Waals surface area contributed by atoms with E-state index in [2.05, 4.69) is 10.1 Å². The number of morpholine rings is 1. The molecule has 2 rings (SSSR count). The van der Waals surface area contributed by atoms with Gasteiger partial charge in [0, 0.05) is 19.0 Å². The van der Waals surface area contributed by atoms with Gasteiger partial charge in [-0.25, -0.2) is 0 Å². The molecular weight excluding hydrogens is 341 g/mol. The van der Waals surface area contributed by atoms with E-state index in [0.717, 1.165) is 4.90 Å². The van der Waals surface area contributed by atoms with Gasteiger partial charge in [0.05, 0.1) is 19.7 Å². The van der Waals surface area contributed by atoms with Crippen LogP contribution in [-0.2, 0) is 9.53 Å². The number of hydrogen-bond acceptors (Lipinski definition) is 4. The number of nitrogens with zero attached hydrogens (tertiary/aromatic N) is 1. The van der Waals surface area contributed by atoms with Crippen LogP contribution in [0.5, 0.6) is 5.75 Å². The van der Waals surface area contributed by atoms with E-state index in [-0.39, 0.29) is 31.2 Å². The fourth-order valence-corrected chi connectivity index (χ4v) is 2.30. The summed E-state index contributed by atoms with van der Waals surface area (Å²) in [5, 5.41) is 2.58. The minimum Gasteiger partial charge on any atom is -0.492 e. The number of benzene rings is 1. The summed E-state index contributed by atoms with van der Waals surface area (Å²) in [7, 11) is 0. The number of rotatable bonds is 5. The molecule has 6 nitrogen and oxygen atoms in total. The van der Waals surface area contributed by atoms with Gasteiger partial charge in [0.15, 0.2) is 6.10 Å². The van der Waals surface area contributed by atoms with Gasteiger partial charge in [0.1, 0.15) is 12.4 Å². The van der Waals surface area contributed by atoms with Crippen molar-refractivity contribution < 1.29 is 32.2 Å². The van der Waals surface area contributed by atoms with E-state index in [0.29, 0.717) is 12.3 Å². The Bertz CT molecular complexity index is 604. The second kappa shape index (κ2) is 8.19. The number of ether oxygens (including phenoxy) is 2. The second-order valence-electron chi connectivity index (χ2n) is 5.51. The van der Waals surface area contributed by atoms with Gasteiger partial charge in [-0.1, -0.05) is 0 Å². The van der Waals surface area contributed by atoms with Crippen LogP contribution >= 0.6 is 0 Å². The van der Waals surface area contributed by atoms with Crippen LogP contribution in [-0.4, -0.2) is 61.8 Å². The van der Waals surface area contributed by atoms with Crippen LogP contribution in [0.25, 0.3) is 0 Å². The molecule has 0 aromatic heterocycles. The van der Waals surface area contributed by atoms with Gasteiger partial charge in [-0.15, -0.1) is 0 Å². The molecule has 9 heteroatoms. The van der Waals surface area contributed by atoms with Gasteiger partial charge >= 0.3 is 6.18 Å². The number of hydrogen-bond donors (Lipinski definition) is 1. The zero-order chi connectivity index (χ0) is 18.4. The van der Waals surface area contributed by atoms with Crippen molar-refractivity contribution in [2.45, 2.75) is 19.2 Å². The van der Waals surface area contributed by atoms with Crippen molar-refractivity contribution in [2.75, 3.05) is 32.8 Å². The van der Waals surface area contributed by atoms with E-state index in [1.54, 1.807) is 12.1 Å². The molecule has 0 unspecified atom stereocenters. The Labute approximate surface area is 142 Å². The lowest BCUT2D eigenvalue weighted by Gasteiger charge is -2.33. The average molecular weight is 360 g/mol. The third kappa shape index (κ3) is 5.63. The standard InChI is InChI=1S/C16H19F3N2O4/c1-11(22)20-6-8-24-13-4-2-12(3-5-13)15(23)21-7-9-25-14(10-21)16(17,18)19/h2-5,14H,6-10H2,1H3,(H,20,22)/t14-/m1/s1. The maximum atomic E-state index is 12.7. The maximum Gasteiger partial charge on any atom is 0.416 e. The Balaban J connectivity index is 1.90. The summed E-state index contributed by atoms with van der Waals surface area (Å²) in [6, 6.07) is 6.10. The summed E-state index contributed by atoms with van der Waals surface area (Å²) in [4.78, 5) is 24.2. The van der Waals surface area contributed by atoms with Gasteiger partial charge in [0.25, 0.3) is 5.91 Å². The first kappa shape index (κ1) is 19.0. The minimum atomic E-state index is -4.50. The molecule has 1 aromatic rings. The number of carbonyl (C=O) groups is 2. The van der Waals surface area contributed by atoms with Crippen molar-refractivity contribution in [1.29, 1.82) is 0 Å². The Hall–Kier alpha value is -2.29. The van der Waals surface area contributed by atoms with E-state index >= 15 is 0 Å². The highest BCUT2D eigenvalue weighted by Gasteiger charge is 2.44. The molecule has 1 aromatic carbocycles. The highest BCUT2D eigenvalue weighted by Crippen LogP contribution is 2.26. The van der Waals surface area contributed by atoms with Crippen LogP contribution in [0.3, 0.4) is 0 Å². The highest BCUT2D eigenvalue weighted by atomic mass is 19.4. The number of nitrogens with one attached hydrogen (secondary N) is 1. The van der Waals surface area contributed by atoms with Crippen molar-refractivity contribution in [3.8, 4) is 5.75 Å². The van der Waals surface area contributed by atoms with Crippen LogP contribution in [0.15, 0.2) is 24.3 Å². The van der Waals surface area contributed by atoms with Crippen molar-refractivity contribution >= 4 is 11.8 Å². The molecule has 1 N–H and O–H groups in total. The van der Waals surface area contributed by atoms with E-state index in [1.165, 1.54) is 19.1 Å². The largest absolute Gasteiger partial charge is 0.492 e. The SMILES string of the molecule is CC(=O)NCCOc1ccc(C(=O)N2CCO[C@@H](C(F)(F)F)C2)cc1. The minimum absolute atomic E-state index is 0.111. The summed E-state index contributed by atoms with van der Waals surface area (Å²) in [5.74, 6) is -0.147. The van der Waals surface area contributed by atoms with Gasteiger partial charge in [-0.05, 0) is 24.3 Å². The zero-order valence-corrected chi connectivity index (χ0v) is 13.6. The third-order valence-electron chi connectivity index (χ3n) is 3.56. The normalized spacial score (nSPS) is 17.9. The van der Waals surface area contributed by atoms with Gasteiger partial charge in [-0.3, -0.25) is 9.59 Å². The number of amides is 2. The first-order valence-corrected chi connectivity index (χ1v) is 7.72. The van der Waals surface area contributed by atoms with Crippen LogP contribution in [0.4, 0.5) is 13.2 Å². The van der Waals surface area contributed by atoms with Gasteiger partial charge in [-0.2, -0.15) is 13.2 Å². The van der Waals surface area contributed by atoms with Crippen LogP contribution in [0, 0.1) is 0 Å². The van der Waals surface area contributed by atoms with Crippen LogP contribution in [0.2, 0.25) is 0 Å². The summed E-state index contributed by atoms with van der Waals surface area (Å²) in [6.45, 7) is 1.46. The Morgan fingerprint density at radius 2 is 2.00 bits per heavy atom. The monoisotopic (exact) mass is 360 g/mol. The first-order valence-electron chi connectivity index (χ1n) is 7.72. The average Bonchev–Trinajstić information content (AvgIpc) is 2.58. The topological polar surface area (TPSA) is 67.9 Å². The summed E-state index contributed by atoms with van der Waals surface area (Å²) in [6.07, 6.45) is -6.45. The molecule has 2 amide bonds. The van der Waals surface area contributed by atoms with E-state index < -0.39 is 24.7 Å². The molecule has 1 aliphatic rings. The molecule has 1 atom stereocenters. The van der Waals surface area contributed by atoms with Crippen LogP contribution < -0.4 is 10.1 Å². The van der Waals surface area contributed by atoms with Gasteiger partial charge in [0.2, 0.25) is 5.91 Å². The summed E-state index contributed by atoms with van der Waals surface area (Å²) in [5.41, 5.74) is 0.275. The number of alkyl halides is 3. The van der Waals surface area contributed by atoms with Crippen molar-refractivity contribution in [2.24, 2.45) is 0 Å². The highest BCUT2D eigenvalue weighted by molar-refractivity contribution is 5.94. The second-order valence-corrected chi connectivity index (χ2v) is 5.51. The maximum absolute atomic E-state index is 12.7. The van der Waals surface area contributed by atoms with Crippen LogP contribution in [0.1, 0.15) is 17.3 Å². The summed E-state index contributed by atoms with van der Waals surface area (Å²) < 4.78 is 48.2. The number of halogens is 3. The molecule has 0 radical (unpaired) electrons. The lowest BCUT2D eigenvalue weighted by molar-refractivity contribution is -0.233. The zero-order valence-electron chi connectivity index (χ0n) is 13.6. The van der Waals surface area contributed by atoms with Gasteiger partial charge < -0.3 is 19.7 Å². The Morgan fingerprint density at radius 1 is 1.32 bits per heavy atom. The van der Waals surface area contributed by atoms with E-state index in [1.807, 2.05) is 0 Å².